The van der Waals surface area contributed by atoms with E-state index in [1.165, 1.54) is 19.3 Å². The van der Waals surface area contributed by atoms with Crippen LogP contribution in [-0.4, -0.2) is 11.6 Å². The average molecular weight is 268 g/mol. The number of rotatable bonds is 4. The molecule has 0 saturated heterocycles. The monoisotopic (exact) mass is 268 g/mol. The van der Waals surface area contributed by atoms with Crippen molar-refractivity contribution in [1.29, 1.82) is 0 Å². The van der Waals surface area contributed by atoms with Crippen molar-refractivity contribution in [2.75, 3.05) is 6.61 Å². The number of ether oxygens (including phenoxy) is 1. The number of aromatic nitrogens is 1. The summed E-state index contributed by atoms with van der Waals surface area (Å²) in [7, 11) is 0. The summed E-state index contributed by atoms with van der Waals surface area (Å²) in [5.74, 6) is 0. The minimum Gasteiger partial charge on any atom is -0.369 e. The summed E-state index contributed by atoms with van der Waals surface area (Å²) in [5, 5.41) is 3.16. The first-order valence-electron chi connectivity index (χ1n) is 6.87. The lowest BCUT2D eigenvalue weighted by Crippen LogP contribution is -2.39. The zero-order valence-corrected chi connectivity index (χ0v) is 12.5. The Bertz CT molecular complexity index is 394. The molecule has 0 bridgehead atoms. The number of hydrogen-bond acceptors (Lipinski definition) is 4. The molecule has 1 heterocycles. The zero-order valence-electron chi connectivity index (χ0n) is 11.7. The van der Waals surface area contributed by atoms with Gasteiger partial charge in [-0.05, 0) is 33.6 Å². The molecule has 0 atom stereocenters. The molecule has 0 spiro atoms. The molecule has 0 aromatic carbocycles. The molecule has 1 aromatic rings. The van der Waals surface area contributed by atoms with Gasteiger partial charge in [-0.2, -0.15) is 0 Å². The number of nitrogens with zero attached hydrogens (tertiary/aromatic N) is 1. The van der Waals surface area contributed by atoms with Crippen molar-refractivity contribution in [3.05, 3.63) is 16.1 Å². The molecule has 0 unspecified atom stereocenters. The molecule has 1 saturated carbocycles. The Hall–Kier alpha value is -0.450. The summed E-state index contributed by atoms with van der Waals surface area (Å²) >= 11 is 1.67. The maximum absolute atomic E-state index is 6.51. The van der Waals surface area contributed by atoms with Gasteiger partial charge >= 0.3 is 0 Å². The summed E-state index contributed by atoms with van der Waals surface area (Å²) in [6.07, 6.45) is 5.87. The Kier molecular flexibility index (Phi) is 4.09. The van der Waals surface area contributed by atoms with E-state index in [1.807, 2.05) is 6.92 Å². The van der Waals surface area contributed by atoms with E-state index >= 15 is 0 Å². The van der Waals surface area contributed by atoms with Crippen LogP contribution < -0.4 is 5.73 Å². The Morgan fingerprint density at radius 1 is 1.39 bits per heavy atom. The molecule has 102 valence electrons. The number of nitrogens with two attached hydrogens (primary N) is 1. The molecule has 1 fully saturated rings. The largest absolute Gasteiger partial charge is 0.369 e. The number of thiazole rings is 1. The highest BCUT2D eigenvalue weighted by atomic mass is 32.1. The topological polar surface area (TPSA) is 48.1 Å². The van der Waals surface area contributed by atoms with E-state index in [-0.39, 0.29) is 11.1 Å². The second-order valence-corrected chi connectivity index (χ2v) is 6.56. The quantitative estimate of drug-likeness (QED) is 0.908. The molecule has 0 aliphatic heterocycles. The van der Waals surface area contributed by atoms with Crippen LogP contribution in [0.1, 0.15) is 63.6 Å². The first-order chi connectivity index (χ1) is 8.48. The summed E-state index contributed by atoms with van der Waals surface area (Å²) in [6, 6.07) is 0. The molecule has 4 heteroatoms. The molecule has 3 nitrogen and oxygen atoms in total. The fraction of sp³-hybridized carbons (Fsp3) is 0.786. The van der Waals surface area contributed by atoms with E-state index in [0.29, 0.717) is 6.61 Å². The van der Waals surface area contributed by atoms with E-state index in [2.05, 4.69) is 19.2 Å². The van der Waals surface area contributed by atoms with Gasteiger partial charge in [0.2, 0.25) is 0 Å². The average Bonchev–Trinajstić information content (AvgIpc) is 2.80. The zero-order chi connectivity index (χ0) is 13.2. The van der Waals surface area contributed by atoms with Crippen molar-refractivity contribution in [2.24, 2.45) is 5.73 Å². The molecular weight excluding hydrogens is 244 g/mol. The molecule has 1 aromatic heterocycles. The molecule has 1 aliphatic rings. The minimum atomic E-state index is -0.303. The first kappa shape index (κ1) is 14.0. The fourth-order valence-electron chi connectivity index (χ4n) is 2.64. The van der Waals surface area contributed by atoms with Crippen LogP contribution >= 0.6 is 11.3 Å². The molecule has 1 aliphatic carbocycles. The van der Waals surface area contributed by atoms with Crippen LogP contribution in [0.5, 0.6) is 0 Å². The first-order valence-corrected chi connectivity index (χ1v) is 7.75. The van der Waals surface area contributed by atoms with Gasteiger partial charge in [-0.3, -0.25) is 0 Å². The van der Waals surface area contributed by atoms with Crippen LogP contribution in [0.3, 0.4) is 0 Å². The van der Waals surface area contributed by atoms with E-state index < -0.39 is 0 Å². The predicted octanol–water partition coefficient (Wildman–Crippen LogP) is 3.53. The van der Waals surface area contributed by atoms with Gasteiger partial charge in [0.05, 0.1) is 11.2 Å². The molecule has 0 radical (unpaired) electrons. The minimum absolute atomic E-state index is 0.199. The van der Waals surface area contributed by atoms with Gasteiger partial charge in [-0.1, -0.05) is 19.3 Å². The predicted molar refractivity (Wildman–Crippen MR) is 75.7 cm³/mol. The normalized spacial score (nSPS) is 20.0. The lowest BCUT2D eigenvalue weighted by Gasteiger charge is -2.32. The van der Waals surface area contributed by atoms with Crippen molar-refractivity contribution < 1.29 is 4.74 Å². The highest BCUT2D eigenvalue weighted by Crippen LogP contribution is 2.37. The van der Waals surface area contributed by atoms with Crippen molar-refractivity contribution >= 4 is 11.3 Å². The second-order valence-electron chi connectivity index (χ2n) is 5.70. The maximum Gasteiger partial charge on any atom is 0.124 e. The third-order valence-electron chi connectivity index (χ3n) is 3.78. The van der Waals surface area contributed by atoms with Gasteiger partial charge in [0.25, 0.3) is 0 Å². The van der Waals surface area contributed by atoms with Crippen LogP contribution in [0.4, 0.5) is 0 Å². The Morgan fingerprint density at radius 3 is 2.67 bits per heavy atom. The van der Waals surface area contributed by atoms with Gasteiger partial charge < -0.3 is 10.5 Å². The van der Waals surface area contributed by atoms with Gasteiger partial charge in [0.15, 0.2) is 0 Å². The van der Waals surface area contributed by atoms with Gasteiger partial charge in [0, 0.05) is 12.0 Å². The lowest BCUT2D eigenvalue weighted by molar-refractivity contribution is -0.0143. The SMILES string of the molecule is CCOC(C)(C)c1nc(C2(N)CCCCC2)cs1. The second kappa shape index (κ2) is 5.27. The Morgan fingerprint density at radius 2 is 2.06 bits per heavy atom. The third kappa shape index (κ3) is 2.76. The van der Waals surface area contributed by atoms with Crippen LogP contribution in [0, 0.1) is 0 Å². The summed E-state index contributed by atoms with van der Waals surface area (Å²) in [4.78, 5) is 4.76. The Labute approximate surface area is 114 Å². The van der Waals surface area contributed by atoms with Crippen molar-refractivity contribution in [1.82, 2.24) is 4.98 Å². The Balaban J connectivity index is 2.19. The molecule has 2 N–H and O–H groups in total. The highest BCUT2D eigenvalue weighted by molar-refractivity contribution is 7.09. The lowest BCUT2D eigenvalue weighted by atomic mass is 9.80. The summed E-state index contributed by atoms with van der Waals surface area (Å²) in [6.45, 7) is 6.86. The van der Waals surface area contributed by atoms with Crippen LogP contribution in [0.15, 0.2) is 5.38 Å². The standard InChI is InChI=1S/C14H24N2OS/c1-4-17-13(2,3)12-16-11(10-18-12)14(15)8-6-5-7-9-14/h10H,4-9,15H2,1-3H3. The summed E-state index contributed by atoms with van der Waals surface area (Å²) < 4.78 is 5.76. The van der Waals surface area contributed by atoms with E-state index in [0.717, 1.165) is 23.5 Å². The van der Waals surface area contributed by atoms with E-state index in [1.54, 1.807) is 11.3 Å². The van der Waals surface area contributed by atoms with Crippen LogP contribution in [-0.2, 0) is 15.9 Å². The highest BCUT2D eigenvalue weighted by Gasteiger charge is 2.34. The maximum atomic E-state index is 6.51. The van der Waals surface area contributed by atoms with E-state index in [9.17, 15) is 0 Å². The van der Waals surface area contributed by atoms with Crippen molar-refractivity contribution in [3.63, 3.8) is 0 Å². The van der Waals surface area contributed by atoms with Gasteiger partial charge in [-0.25, -0.2) is 4.98 Å². The number of hydrogen-bond donors (Lipinski definition) is 1. The summed E-state index contributed by atoms with van der Waals surface area (Å²) in [5.41, 5.74) is 7.08. The smallest absolute Gasteiger partial charge is 0.124 e. The molecule has 0 amide bonds. The molecule has 18 heavy (non-hydrogen) atoms. The van der Waals surface area contributed by atoms with Crippen molar-refractivity contribution in [2.45, 2.75) is 64.0 Å². The van der Waals surface area contributed by atoms with Gasteiger partial charge in [0.1, 0.15) is 10.6 Å². The van der Waals surface area contributed by atoms with Crippen LogP contribution in [0.2, 0.25) is 0 Å². The fourth-order valence-corrected chi connectivity index (χ4v) is 3.64. The van der Waals surface area contributed by atoms with Gasteiger partial charge in [-0.15, -0.1) is 11.3 Å². The van der Waals surface area contributed by atoms with Crippen LogP contribution in [0.25, 0.3) is 0 Å². The molecular formula is C14H24N2OS. The third-order valence-corrected chi connectivity index (χ3v) is 4.93. The molecule has 2 rings (SSSR count). The van der Waals surface area contributed by atoms with E-state index in [4.69, 9.17) is 15.5 Å². The van der Waals surface area contributed by atoms with Crippen molar-refractivity contribution in [3.8, 4) is 0 Å².